The van der Waals surface area contributed by atoms with Gasteiger partial charge in [0.05, 0.1) is 0 Å². The molecule has 4 heteroatoms. The molecule has 90 valence electrons. The van der Waals surface area contributed by atoms with Gasteiger partial charge in [-0.2, -0.15) is 0 Å². The minimum atomic E-state index is 0.0345. The van der Waals surface area contributed by atoms with Gasteiger partial charge in [0.2, 0.25) is 0 Å². The second-order valence-electron chi connectivity index (χ2n) is 3.95. The van der Waals surface area contributed by atoms with Crippen LogP contribution in [0.4, 0.5) is 0 Å². The molecule has 1 atom stereocenters. The Bertz CT molecular complexity index is 349. The highest BCUT2D eigenvalue weighted by Crippen LogP contribution is 1.94. The zero-order valence-electron chi connectivity index (χ0n) is 9.72. The fraction of sp³-hybridized carbons (Fsp3) is 0.583. The van der Waals surface area contributed by atoms with E-state index in [1.807, 2.05) is 6.07 Å². The van der Waals surface area contributed by atoms with Crippen molar-refractivity contribution in [3.63, 3.8) is 0 Å². The Kier molecular flexibility index (Phi) is 5.82. The van der Waals surface area contributed by atoms with Crippen LogP contribution < -0.4 is 10.9 Å². The van der Waals surface area contributed by atoms with Gasteiger partial charge in [0, 0.05) is 38.0 Å². The smallest absolute Gasteiger partial charge is 0.250 e. The minimum Gasteiger partial charge on any atom is -0.396 e. The Morgan fingerprint density at radius 3 is 3.00 bits per heavy atom. The van der Waals surface area contributed by atoms with Gasteiger partial charge >= 0.3 is 0 Å². The zero-order chi connectivity index (χ0) is 11.8. The second-order valence-corrected chi connectivity index (χ2v) is 3.95. The SMILES string of the molecule is CC(CCCO)NCCn1ccccc1=O. The minimum absolute atomic E-state index is 0.0345. The first-order chi connectivity index (χ1) is 7.74. The van der Waals surface area contributed by atoms with Crippen LogP contribution in [0.25, 0.3) is 0 Å². The Morgan fingerprint density at radius 1 is 1.50 bits per heavy atom. The van der Waals surface area contributed by atoms with Gasteiger partial charge in [-0.05, 0) is 25.8 Å². The van der Waals surface area contributed by atoms with Crippen molar-refractivity contribution in [1.82, 2.24) is 9.88 Å². The van der Waals surface area contributed by atoms with Crippen molar-refractivity contribution in [3.8, 4) is 0 Å². The summed E-state index contributed by atoms with van der Waals surface area (Å²) in [6.07, 6.45) is 3.57. The molecule has 1 aromatic rings. The maximum Gasteiger partial charge on any atom is 0.250 e. The normalized spacial score (nSPS) is 12.6. The third kappa shape index (κ3) is 4.59. The zero-order valence-corrected chi connectivity index (χ0v) is 9.72. The van der Waals surface area contributed by atoms with Gasteiger partial charge in [-0.25, -0.2) is 0 Å². The summed E-state index contributed by atoms with van der Waals surface area (Å²) in [5.41, 5.74) is 0.0345. The van der Waals surface area contributed by atoms with E-state index < -0.39 is 0 Å². The Labute approximate surface area is 95.9 Å². The molecule has 0 bridgehead atoms. The van der Waals surface area contributed by atoms with E-state index in [9.17, 15) is 4.79 Å². The number of pyridine rings is 1. The molecule has 0 aromatic carbocycles. The highest BCUT2D eigenvalue weighted by molar-refractivity contribution is 4.93. The molecular weight excluding hydrogens is 204 g/mol. The maximum atomic E-state index is 11.4. The average molecular weight is 224 g/mol. The molecule has 0 aliphatic rings. The van der Waals surface area contributed by atoms with Crippen molar-refractivity contribution in [2.24, 2.45) is 0 Å². The molecule has 0 fully saturated rings. The largest absolute Gasteiger partial charge is 0.396 e. The molecule has 0 aliphatic heterocycles. The van der Waals surface area contributed by atoms with Gasteiger partial charge in [-0.1, -0.05) is 6.07 Å². The van der Waals surface area contributed by atoms with Gasteiger partial charge in [-0.3, -0.25) is 4.79 Å². The molecule has 1 heterocycles. The summed E-state index contributed by atoms with van der Waals surface area (Å²) in [5.74, 6) is 0. The number of rotatable bonds is 7. The summed E-state index contributed by atoms with van der Waals surface area (Å²) in [6, 6.07) is 5.55. The summed E-state index contributed by atoms with van der Waals surface area (Å²) >= 11 is 0. The predicted molar refractivity (Wildman–Crippen MR) is 64.5 cm³/mol. The van der Waals surface area contributed by atoms with Gasteiger partial charge in [0.25, 0.3) is 5.56 Å². The van der Waals surface area contributed by atoms with Crippen LogP contribution in [0.1, 0.15) is 19.8 Å². The highest BCUT2D eigenvalue weighted by Gasteiger charge is 2.00. The number of nitrogens with one attached hydrogen (secondary N) is 1. The number of aliphatic hydroxyl groups excluding tert-OH is 1. The molecule has 2 N–H and O–H groups in total. The first-order valence-electron chi connectivity index (χ1n) is 5.73. The molecule has 0 aliphatic carbocycles. The molecule has 16 heavy (non-hydrogen) atoms. The molecule has 0 radical (unpaired) electrons. The van der Waals surface area contributed by atoms with Crippen molar-refractivity contribution >= 4 is 0 Å². The summed E-state index contributed by atoms with van der Waals surface area (Å²) in [6.45, 7) is 3.78. The summed E-state index contributed by atoms with van der Waals surface area (Å²) in [7, 11) is 0. The van der Waals surface area contributed by atoms with Gasteiger partial charge in [0.15, 0.2) is 0 Å². The number of nitrogens with zero attached hydrogens (tertiary/aromatic N) is 1. The Balaban J connectivity index is 2.25. The molecule has 1 rings (SSSR count). The van der Waals surface area contributed by atoms with Crippen LogP contribution in [0.5, 0.6) is 0 Å². The van der Waals surface area contributed by atoms with Crippen molar-refractivity contribution in [2.75, 3.05) is 13.2 Å². The van der Waals surface area contributed by atoms with Crippen LogP contribution in [0.3, 0.4) is 0 Å². The number of hydrogen-bond donors (Lipinski definition) is 2. The van der Waals surface area contributed by atoms with Crippen molar-refractivity contribution < 1.29 is 5.11 Å². The van der Waals surface area contributed by atoms with E-state index in [4.69, 9.17) is 5.11 Å². The topological polar surface area (TPSA) is 54.3 Å². The summed E-state index contributed by atoms with van der Waals surface area (Å²) in [5, 5.41) is 12.0. The van der Waals surface area contributed by atoms with Gasteiger partial charge in [0.1, 0.15) is 0 Å². The molecule has 4 nitrogen and oxygen atoms in total. The monoisotopic (exact) mass is 224 g/mol. The highest BCUT2D eigenvalue weighted by atomic mass is 16.2. The van der Waals surface area contributed by atoms with E-state index in [1.54, 1.807) is 22.9 Å². The molecule has 0 spiro atoms. The van der Waals surface area contributed by atoms with E-state index >= 15 is 0 Å². The van der Waals surface area contributed by atoms with Crippen LogP contribution in [0.2, 0.25) is 0 Å². The molecular formula is C12H20N2O2. The number of aliphatic hydroxyl groups is 1. The molecule has 1 aromatic heterocycles. The summed E-state index contributed by atoms with van der Waals surface area (Å²) in [4.78, 5) is 11.4. The first kappa shape index (κ1) is 12.9. The fourth-order valence-corrected chi connectivity index (χ4v) is 1.58. The third-order valence-corrected chi connectivity index (χ3v) is 2.54. The van der Waals surface area contributed by atoms with Crippen LogP contribution in [0, 0.1) is 0 Å². The van der Waals surface area contributed by atoms with Crippen molar-refractivity contribution in [3.05, 3.63) is 34.7 Å². The van der Waals surface area contributed by atoms with Crippen LogP contribution in [0.15, 0.2) is 29.2 Å². The van der Waals surface area contributed by atoms with E-state index in [2.05, 4.69) is 12.2 Å². The Morgan fingerprint density at radius 2 is 2.31 bits per heavy atom. The fourth-order valence-electron chi connectivity index (χ4n) is 1.58. The standard InChI is InChI=1S/C12H20N2O2/c1-11(5-4-10-15)13-7-9-14-8-3-2-6-12(14)16/h2-3,6,8,11,13,15H,4-5,7,9-10H2,1H3. The lowest BCUT2D eigenvalue weighted by Crippen LogP contribution is -2.32. The van der Waals surface area contributed by atoms with Crippen molar-refractivity contribution in [2.45, 2.75) is 32.4 Å². The molecule has 0 saturated heterocycles. The third-order valence-electron chi connectivity index (χ3n) is 2.54. The van der Waals surface area contributed by atoms with E-state index in [0.717, 1.165) is 19.4 Å². The number of hydrogen-bond acceptors (Lipinski definition) is 3. The van der Waals surface area contributed by atoms with Crippen molar-refractivity contribution in [1.29, 1.82) is 0 Å². The van der Waals surface area contributed by atoms with E-state index in [1.165, 1.54) is 0 Å². The first-order valence-corrected chi connectivity index (χ1v) is 5.73. The second kappa shape index (κ2) is 7.19. The van der Waals surface area contributed by atoms with Gasteiger partial charge < -0.3 is 15.0 Å². The lowest BCUT2D eigenvalue weighted by Gasteiger charge is -2.13. The molecule has 0 saturated carbocycles. The van der Waals surface area contributed by atoms with E-state index in [0.29, 0.717) is 12.6 Å². The quantitative estimate of drug-likeness (QED) is 0.713. The van der Waals surface area contributed by atoms with Crippen LogP contribution in [-0.2, 0) is 6.54 Å². The Hall–Kier alpha value is -1.13. The van der Waals surface area contributed by atoms with Crippen LogP contribution in [-0.4, -0.2) is 28.9 Å². The van der Waals surface area contributed by atoms with Crippen LogP contribution >= 0.6 is 0 Å². The predicted octanol–water partition coefficient (Wildman–Crippen LogP) is 0.599. The number of aromatic nitrogens is 1. The maximum absolute atomic E-state index is 11.4. The molecule has 0 amide bonds. The van der Waals surface area contributed by atoms with E-state index in [-0.39, 0.29) is 12.2 Å². The lowest BCUT2D eigenvalue weighted by atomic mass is 10.2. The molecule has 1 unspecified atom stereocenters. The summed E-state index contributed by atoms with van der Waals surface area (Å²) < 4.78 is 1.69. The van der Waals surface area contributed by atoms with Gasteiger partial charge in [-0.15, -0.1) is 0 Å². The average Bonchev–Trinajstić information content (AvgIpc) is 2.29. The lowest BCUT2D eigenvalue weighted by molar-refractivity contribution is 0.276.